The van der Waals surface area contributed by atoms with Crippen molar-refractivity contribution in [3.05, 3.63) is 40.9 Å². The highest BCUT2D eigenvalue weighted by Gasteiger charge is 2.05. The van der Waals surface area contributed by atoms with E-state index in [-0.39, 0.29) is 5.91 Å². The molecule has 0 atom stereocenters. The lowest BCUT2D eigenvalue weighted by Crippen LogP contribution is -2.22. The van der Waals surface area contributed by atoms with E-state index < -0.39 is 0 Å². The highest BCUT2D eigenvalue weighted by molar-refractivity contribution is 9.10. The molecule has 0 heterocycles. The van der Waals surface area contributed by atoms with Gasteiger partial charge in [-0.25, -0.2) is 0 Å². The molecule has 2 aromatic rings. The van der Waals surface area contributed by atoms with Gasteiger partial charge >= 0.3 is 0 Å². The van der Waals surface area contributed by atoms with Gasteiger partial charge in [0.2, 0.25) is 5.91 Å². The normalized spacial score (nSPS) is 10.6. The van der Waals surface area contributed by atoms with Crippen molar-refractivity contribution in [3.8, 4) is 0 Å². The first kappa shape index (κ1) is 14.9. The molecule has 0 saturated carbocycles. The van der Waals surface area contributed by atoms with Gasteiger partial charge < -0.3 is 10.2 Å². The van der Waals surface area contributed by atoms with Crippen molar-refractivity contribution in [2.24, 2.45) is 0 Å². The summed E-state index contributed by atoms with van der Waals surface area (Å²) in [6.45, 7) is 0.797. The highest BCUT2D eigenvalue weighted by Crippen LogP contribution is 2.29. The first-order chi connectivity index (χ1) is 9.59. The van der Waals surface area contributed by atoms with Crippen LogP contribution in [0.5, 0.6) is 0 Å². The molecule has 2 aromatic carbocycles. The summed E-state index contributed by atoms with van der Waals surface area (Å²) in [4.78, 5) is 13.1. The SMILES string of the molecule is CN(C)C(=O)CCCNc1ccc(Br)c2ccccc12. The molecular formula is C16H19BrN2O. The van der Waals surface area contributed by atoms with Gasteiger partial charge in [-0.1, -0.05) is 40.2 Å². The summed E-state index contributed by atoms with van der Waals surface area (Å²) in [5, 5.41) is 5.81. The zero-order valence-corrected chi connectivity index (χ0v) is 13.4. The Morgan fingerprint density at radius 2 is 1.85 bits per heavy atom. The smallest absolute Gasteiger partial charge is 0.222 e. The van der Waals surface area contributed by atoms with E-state index in [0.29, 0.717) is 6.42 Å². The molecule has 0 bridgehead atoms. The fourth-order valence-electron chi connectivity index (χ4n) is 2.10. The molecule has 0 aromatic heterocycles. The van der Waals surface area contributed by atoms with E-state index in [9.17, 15) is 4.79 Å². The van der Waals surface area contributed by atoms with Crippen LogP contribution in [0.15, 0.2) is 40.9 Å². The maximum absolute atomic E-state index is 11.5. The molecule has 106 valence electrons. The van der Waals surface area contributed by atoms with E-state index in [0.717, 1.165) is 23.1 Å². The average Bonchev–Trinajstić information content (AvgIpc) is 2.45. The van der Waals surface area contributed by atoms with E-state index in [2.05, 4.69) is 45.5 Å². The molecule has 0 fully saturated rings. The second kappa shape index (κ2) is 6.75. The Morgan fingerprint density at radius 3 is 2.55 bits per heavy atom. The molecular weight excluding hydrogens is 316 g/mol. The summed E-state index contributed by atoms with van der Waals surface area (Å²) in [6, 6.07) is 12.4. The average molecular weight is 335 g/mol. The van der Waals surface area contributed by atoms with Gasteiger partial charge in [-0.3, -0.25) is 4.79 Å². The summed E-state index contributed by atoms with van der Waals surface area (Å²) in [6.07, 6.45) is 1.41. The van der Waals surface area contributed by atoms with Gasteiger partial charge in [-0.15, -0.1) is 0 Å². The van der Waals surface area contributed by atoms with Crippen LogP contribution in [0.3, 0.4) is 0 Å². The van der Waals surface area contributed by atoms with Crippen LogP contribution >= 0.6 is 15.9 Å². The van der Waals surface area contributed by atoms with Gasteiger partial charge in [0.05, 0.1) is 0 Å². The van der Waals surface area contributed by atoms with Crippen LogP contribution in [-0.2, 0) is 4.79 Å². The number of anilines is 1. The lowest BCUT2D eigenvalue weighted by atomic mass is 10.1. The molecule has 1 N–H and O–H groups in total. The summed E-state index contributed by atoms with van der Waals surface area (Å²) in [5.41, 5.74) is 1.11. The number of nitrogens with zero attached hydrogens (tertiary/aromatic N) is 1. The second-order valence-electron chi connectivity index (χ2n) is 4.96. The second-order valence-corrected chi connectivity index (χ2v) is 5.81. The minimum Gasteiger partial charge on any atom is -0.385 e. The molecule has 0 aliphatic rings. The first-order valence-corrected chi connectivity index (χ1v) is 7.50. The lowest BCUT2D eigenvalue weighted by molar-refractivity contribution is -0.128. The molecule has 20 heavy (non-hydrogen) atoms. The Balaban J connectivity index is 2.00. The predicted molar refractivity (Wildman–Crippen MR) is 88.1 cm³/mol. The predicted octanol–water partition coefficient (Wildman–Crippen LogP) is 3.88. The number of benzene rings is 2. The minimum atomic E-state index is 0.174. The number of amides is 1. The Hall–Kier alpha value is -1.55. The molecule has 0 aliphatic heterocycles. The molecule has 0 spiro atoms. The van der Waals surface area contributed by atoms with Crippen molar-refractivity contribution < 1.29 is 4.79 Å². The van der Waals surface area contributed by atoms with E-state index in [1.165, 1.54) is 10.8 Å². The number of carbonyl (C=O) groups is 1. The highest BCUT2D eigenvalue weighted by atomic mass is 79.9. The molecule has 1 amide bonds. The summed E-state index contributed by atoms with van der Waals surface area (Å²) in [5.74, 6) is 0.174. The Labute approximate surface area is 128 Å². The third-order valence-corrected chi connectivity index (χ3v) is 3.94. The summed E-state index contributed by atoms with van der Waals surface area (Å²) in [7, 11) is 3.58. The molecule has 0 saturated heterocycles. The van der Waals surface area contributed by atoms with Crippen LogP contribution in [0.1, 0.15) is 12.8 Å². The molecule has 0 unspecified atom stereocenters. The molecule has 0 aliphatic carbocycles. The van der Waals surface area contributed by atoms with Gasteiger partial charge in [0.25, 0.3) is 0 Å². The topological polar surface area (TPSA) is 32.3 Å². The number of hydrogen-bond donors (Lipinski definition) is 1. The molecule has 2 rings (SSSR count). The van der Waals surface area contributed by atoms with Crippen molar-refractivity contribution in [1.29, 1.82) is 0 Å². The maximum Gasteiger partial charge on any atom is 0.222 e. The van der Waals surface area contributed by atoms with Crippen LogP contribution in [0, 0.1) is 0 Å². The van der Waals surface area contributed by atoms with E-state index in [1.54, 1.807) is 19.0 Å². The third kappa shape index (κ3) is 3.51. The molecule has 3 nitrogen and oxygen atoms in total. The number of nitrogens with one attached hydrogen (secondary N) is 1. The zero-order chi connectivity index (χ0) is 14.5. The van der Waals surface area contributed by atoms with Gasteiger partial charge in [0.15, 0.2) is 0 Å². The van der Waals surface area contributed by atoms with Crippen LogP contribution in [0.4, 0.5) is 5.69 Å². The first-order valence-electron chi connectivity index (χ1n) is 6.71. The summed E-state index contributed by atoms with van der Waals surface area (Å²) < 4.78 is 1.10. The van der Waals surface area contributed by atoms with E-state index in [4.69, 9.17) is 0 Å². The Kier molecular flexibility index (Phi) is 5.01. The summed E-state index contributed by atoms with van der Waals surface area (Å²) >= 11 is 3.57. The van der Waals surface area contributed by atoms with Crippen molar-refractivity contribution in [3.63, 3.8) is 0 Å². The van der Waals surface area contributed by atoms with Crippen LogP contribution in [0.2, 0.25) is 0 Å². The molecule has 4 heteroatoms. The Bertz CT molecular complexity index is 610. The van der Waals surface area contributed by atoms with Crippen molar-refractivity contribution in [1.82, 2.24) is 4.90 Å². The largest absolute Gasteiger partial charge is 0.385 e. The third-order valence-electron chi connectivity index (χ3n) is 3.25. The number of halogens is 1. The maximum atomic E-state index is 11.5. The Morgan fingerprint density at radius 1 is 1.15 bits per heavy atom. The van der Waals surface area contributed by atoms with Gasteiger partial charge in [-0.2, -0.15) is 0 Å². The number of rotatable bonds is 5. The monoisotopic (exact) mass is 334 g/mol. The standard InChI is InChI=1S/C16H19BrN2O/c1-19(2)16(20)8-5-11-18-15-10-9-14(17)12-6-3-4-7-13(12)15/h3-4,6-7,9-10,18H,5,8,11H2,1-2H3. The van der Waals surface area contributed by atoms with Crippen molar-refractivity contribution >= 4 is 38.3 Å². The van der Waals surface area contributed by atoms with Crippen molar-refractivity contribution in [2.75, 3.05) is 26.0 Å². The fraction of sp³-hybridized carbons (Fsp3) is 0.312. The molecule has 0 radical (unpaired) electrons. The van der Waals surface area contributed by atoms with Gasteiger partial charge in [0, 0.05) is 42.6 Å². The number of carbonyl (C=O) groups excluding carboxylic acids is 1. The fourth-order valence-corrected chi connectivity index (χ4v) is 2.58. The van der Waals surface area contributed by atoms with Crippen LogP contribution < -0.4 is 5.32 Å². The zero-order valence-electron chi connectivity index (χ0n) is 11.8. The number of fused-ring (bicyclic) bond motifs is 1. The van der Waals surface area contributed by atoms with Crippen LogP contribution in [0.25, 0.3) is 10.8 Å². The number of hydrogen-bond acceptors (Lipinski definition) is 2. The van der Waals surface area contributed by atoms with Crippen LogP contribution in [-0.4, -0.2) is 31.4 Å². The van der Waals surface area contributed by atoms with E-state index >= 15 is 0 Å². The minimum absolute atomic E-state index is 0.174. The quantitative estimate of drug-likeness (QED) is 0.841. The van der Waals surface area contributed by atoms with Crippen molar-refractivity contribution in [2.45, 2.75) is 12.8 Å². The van der Waals surface area contributed by atoms with E-state index in [1.807, 2.05) is 12.1 Å². The lowest BCUT2D eigenvalue weighted by Gasteiger charge is -2.12. The van der Waals surface area contributed by atoms with Gasteiger partial charge in [-0.05, 0) is 23.9 Å². The van der Waals surface area contributed by atoms with Gasteiger partial charge in [0.1, 0.15) is 0 Å².